The van der Waals surface area contributed by atoms with Crippen LogP contribution >= 0.6 is 23.2 Å². The number of rotatable bonds is 7. The normalized spacial score (nSPS) is 17.4. The van der Waals surface area contributed by atoms with E-state index in [0.717, 1.165) is 12.6 Å². The molecule has 1 fully saturated rings. The van der Waals surface area contributed by atoms with Crippen LogP contribution in [0.3, 0.4) is 0 Å². The number of likely N-dealkylation sites (tertiary alicyclic amines) is 1. The molecule has 8 nitrogen and oxygen atoms in total. The topological polar surface area (TPSA) is 102 Å². The van der Waals surface area contributed by atoms with E-state index in [4.69, 9.17) is 27.9 Å². The highest BCUT2D eigenvalue weighted by molar-refractivity contribution is 7.89. The highest BCUT2D eigenvalue weighted by atomic mass is 35.5. The lowest BCUT2D eigenvalue weighted by Crippen LogP contribution is -2.37. The summed E-state index contributed by atoms with van der Waals surface area (Å²) in [5, 5.41) is 11.9. The molecular weight excluding hydrogens is 441 g/mol. The molecule has 1 heterocycles. The minimum Gasteiger partial charge on any atom is -0.489 e. The number of nitro benzene ring substituents is 1. The maximum atomic E-state index is 13.0. The fourth-order valence-electron chi connectivity index (χ4n) is 3.11. The van der Waals surface area contributed by atoms with E-state index in [1.54, 1.807) is 18.2 Å². The molecule has 1 unspecified atom stereocenters. The lowest BCUT2D eigenvalue weighted by Gasteiger charge is -2.16. The highest BCUT2D eigenvalue weighted by Gasteiger charge is 2.28. The van der Waals surface area contributed by atoms with Crippen molar-refractivity contribution in [2.75, 3.05) is 20.1 Å². The fourth-order valence-corrected chi connectivity index (χ4v) is 5.13. The van der Waals surface area contributed by atoms with Gasteiger partial charge in [0.25, 0.3) is 5.69 Å². The van der Waals surface area contributed by atoms with Crippen LogP contribution in [0.5, 0.6) is 5.75 Å². The number of nitrogens with zero attached hydrogens (tertiary/aromatic N) is 2. The van der Waals surface area contributed by atoms with Gasteiger partial charge in [-0.15, -0.1) is 0 Å². The average Bonchev–Trinajstić information content (AvgIpc) is 3.03. The second kappa shape index (κ2) is 8.85. The number of non-ortho nitro benzene ring substituents is 1. The number of hydrogen-bond donors (Lipinski definition) is 1. The molecule has 0 saturated carbocycles. The zero-order valence-electron chi connectivity index (χ0n) is 15.5. The molecule has 0 aliphatic carbocycles. The summed E-state index contributed by atoms with van der Waals surface area (Å²) in [7, 11) is -2.09. The first-order chi connectivity index (χ1) is 13.6. The quantitative estimate of drug-likeness (QED) is 0.502. The van der Waals surface area contributed by atoms with E-state index in [1.807, 2.05) is 11.9 Å². The molecule has 0 aromatic heterocycles. The molecule has 3 rings (SSSR count). The predicted molar refractivity (Wildman–Crippen MR) is 110 cm³/mol. The van der Waals surface area contributed by atoms with E-state index >= 15 is 0 Å². The summed E-state index contributed by atoms with van der Waals surface area (Å²) in [4.78, 5) is 12.3. The van der Waals surface area contributed by atoms with E-state index in [1.165, 1.54) is 12.1 Å². The molecule has 0 amide bonds. The molecule has 1 saturated heterocycles. The van der Waals surface area contributed by atoms with Crippen LogP contribution in [0.25, 0.3) is 0 Å². The van der Waals surface area contributed by atoms with Gasteiger partial charge in [0, 0.05) is 40.3 Å². The van der Waals surface area contributed by atoms with Crippen molar-refractivity contribution in [3.05, 3.63) is 62.1 Å². The number of ether oxygens (including phenoxy) is 1. The minimum absolute atomic E-state index is 0.129. The minimum atomic E-state index is -3.99. The van der Waals surface area contributed by atoms with Gasteiger partial charge in [-0.1, -0.05) is 23.2 Å². The molecule has 156 valence electrons. The first kappa shape index (κ1) is 21.8. The summed E-state index contributed by atoms with van der Waals surface area (Å²) in [6.07, 6.45) is 0.664. The average molecular weight is 460 g/mol. The van der Waals surface area contributed by atoms with Crippen LogP contribution in [-0.2, 0) is 16.6 Å². The van der Waals surface area contributed by atoms with Crippen molar-refractivity contribution in [1.29, 1.82) is 0 Å². The molecule has 0 bridgehead atoms. The molecule has 29 heavy (non-hydrogen) atoms. The number of sulfonamides is 1. The summed E-state index contributed by atoms with van der Waals surface area (Å²) < 4.78 is 34.2. The highest BCUT2D eigenvalue weighted by Crippen LogP contribution is 2.27. The van der Waals surface area contributed by atoms with Crippen molar-refractivity contribution >= 4 is 38.9 Å². The lowest BCUT2D eigenvalue weighted by molar-refractivity contribution is -0.385. The number of benzene rings is 2. The van der Waals surface area contributed by atoms with Crippen molar-refractivity contribution < 1.29 is 18.1 Å². The van der Waals surface area contributed by atoms with Crippen molar-refractivity contribution in [2.24, 2.45) is 0 Å². The van der Waals surface area contributed by atoms with Crippen LogP contribution in [0.4, 0.5) is 5.69 Å². The fraction of sp³-hybridized carbons (Fsp3) is 0.333. The Kier molecular flexibility index (Phi) is 6.65. The Bertz CT molecular complexity index is 1010. The van der Waals surface area contributed by atoms with Crippen LogP contribution < -0.4 is 9.46 Å². The van der Waals surface area contributed by atoms with Gasteiger partial charge in [-0.2, -0.15) is 0 Å². The molecule has 11 heteroatoms. The molecule has 2 aromatic rings. The van der Waals surface area contributed by atoms with Crippen LogP contribution in [0.15, 0.2) is 41.3 Å². The summed E-state index contributed by atoms with van der Waals surface area (Å²) >= 11 is 11.9. The molecule has 0 spiro atoms. The Balaban J connectivity index is 1.89. The lowest BCUT2D eigenvalue weighted by atomic mass is 10.2. The molecule has 1 aliphatic heterocycles. The summed E-state index contributed by atoms with van der Waals surface area (Å²) in [6, 6.07) is 8.03. The third-order valence-electron chi connectivity index (χ3n) is 4.49. The summed E-state index contributed by atoms with van der Waals surface area (Å²) in [6.45, 7) is 1.21. The van der Waals surface area contributed by atoms with E-state index in [9.17, 15) is 18.5 Å². The molecule has 1 atom stereocenters. The zero-order chi connectivity index (χ0) is 21.2. The SMILES string of the molecule is CN1CCC(NS(=O)(=O)c2cc([N+](=O)[O-])ccc2COc2cc(Cl)cc(Cl)c2)C1. The molecule has 2 aromatic carbocycles. The molecule has 1 aliphatic rings. The largest absolute Gasteiger partial charge is 0.489 e. The summed E-state index contributed by atoms with van der Waals surface area (Å²) in [5.41, 5.74) is -0.0333. The van der Waals surface area contributed by atoms with Gasteiger partial charge < -0.3 is 9.64 Å². The van der Waals surface area contributed by atoms with Crippen LogP contribution in [0.1, 0.15) is 12.0 Å². The van der Waals surface area contributed by atoms with Crippen molar-refractivity contribution in [3.8, 4) is 5.75 Å². The van der Waals surface area contributed by atoms with E-state index in [0.29, 0.717) is 28.8 Å². The summed E-state index contributed by atoms with van der Waals surface area (Å²) in [5.74, 6) is 0.356. The predicted octanol–water partition coefficient (Wildman–Crippen LogP) is 3.46. The maximum Gasteiger partial charge on any atom is 0.270 e. The van der Waals surface area contributed by atoms with Gasteiger partial charge >= 0.3 is 0 Å². The van der Waals surface area contributed by atoms with Crippen molar-refractivity contribution in [2.45, 2.75) is 24.0 Å². The molecular formula is C18H19Cl2N3O5S. The Labute approximate surface area is 178 Å². The van der Waals surface area contributed by atoms with Crippen molar-refractivity contribution in [1.82, 2.24) is 9.62 Å². The van der Waals surface area contributed by atoms with Gasteiger partial charge in [-0.05, 0) is 44.3 Å². The van der Waals surface area contributed by atoms with E-state index < -0.39 is 14.9 Å². The standard InChI is InChI=1S/C18H19Cl2N3O5S/c1-22-5-4-15(10-22)21-29(26,27)18-9-16(23(24)25)3-2-12(18)11-28-17-7-13(19)6-14(20)8-17/h2-3,6-9,15,21H,4-5,10-11H2,1H3. The van der Waals surface area contributed by atoms with Gasteiger partial charge in [0.1, 0.15) is 12.4 Å². The smallest absolute Gasteiger partial charge is 0.270 e. The van der Waals surface area contributed by atoms with Gasteiger partial charge in [-0.25, -0.2) is 13.1 Å². The Morgan fingerprint density at radius 2 is 1.93 bits per heavy atom. The van der Waals surface area contributed by atoms with Crippen LogP contribution in [-0.4, -0.2) is 44.4 Å². The van der Waals surface area contributed by atoms with Gasteiger partial charge in [-0.3, -0.25) is 10.1 Å². The molecule has 0 radical (unpaired) electrons. The van der Waals surface area contributed by atoms with Crippen LogP contribution in [0.2, 0.25) is 10.0 Å². The second-order valence-electron chi connectivity index (χ2n) is 6.81. The first-order valence-corrected chi connectivity index (χ1v) is 10.9. The Morgan fingerprint density at radius 3 is 2.52 bits per heavy atom. The van der Waals surface area contributed by atoms with E-state index in [-0.39, 0.29) is 28.8 Å². The number of hydrogen-bond acceptors (Lipinski definition) is 6. The van der Waals surface area contributed by atoms with Gasteiger partial charge in [0.2, 0.25) is 10.0 Å². The van der Waals surface area contributed by atoms with Gasteiger partial charge in [0.05, 0.1) is 9.82 Å². The number of halogens is 2. The van der Waals surface area contributed by atoms with Crippen LogP contribution in [0, 0.1) is 10.1 Å². The third-order valence-corrected chi connectivity index (χ3v) is 6.53. The maximum absolute atomic E-state index is 13.0. The van der Waals surface area contributed by atoms with Crippen molar-refractivity contribution in [3.63, 3.8) is 0 Å². The van der Waals surface area contributed by atoms with E-state index in [2.05, 4.69) is 4.72 Å². The third kappa shape index (κ3) is 5.58. The second-order valence-corrected chi connectivity index (χ2v) is 9.37. The zero-order valence-corrected chi connectivity index (χ0v) is 17.8. The number of nitro groups is 1. The number of likely N-dealkylation sites (N-methyl/N-ethyl adjacent to an activating group) is 1. The monoisotopic (exact) mass is 459 g/mol. The first-order valence-electron chi connectivity index (χ1n) is 8.71. The Hall–Kier alpha value is -1.91. The molecule has 1 N–H and O–H groups in total. The number of nitrogens with one attached hydrogen (secondary N) is 1. The van der Waals surface area contributed by atoms with Gasteiger partial charge in [0.15, 0.2) is 0 Å². The Morgan fingerprint density at radius 1 is 1.24 bits per heavy atom.